The van der Waals surface area contributed by atoms with E-state index < -0.39 is 0 Å². The van der Waals surface area contributed by atoms with Gasteiger partial charge < -0.3 is 9.80 Å². The Bertz CT molecular complexity index is 665. The topological polar surface area (TPSA) is 49.6 Å². The quantitative estimate of drug-likeness (QED) is 0.792. The maximum absolute atomic E-state index is 4.72. The summed E-state index contributed by atoms with van der Waals surface area (Å²) in [5.74, 6) is 1.90. The molecular formula is C15H22N6. The zero-order valence-electron chi connectivity index (χ0n) is 12.8. The summed E-state index contributed by atoms with van der Waals surface area (Å²) in [6, 6.07) is 4.09. The molecule has 6 heteroatoms. The highest BCUT2D eigenvalue weighted by Gasteiger charge is 2.41. The van der Waals surface area contributed by atoms with Crippen LogP contribution < -0.4 is 4.90 Å². The fourth-order valence-corrected chi connectivity index (χ4v) is 3.97. The summed E-state index contributed by atoms with van der Waals surface area (Å²) in [6.07, 6.45) is 3.95. The van der Waals surface area contributed by atoms with Crippen molar-refractivity contribution in [2.24, 2.45) is 5.41 Å². The van der Waals surface area contributed by atoms with E-state index in [2.05, 4.69) is 33.1 Å². The van der Waals surface area contributed by atoms with Gasteiger partial charge in [0.1, 0.15) is 5.82 Å². The number of piperidine rings is 1. The highest BCUT2D eigenvalue weighted by atomic mass is 15.4. The third-order valence-electron chi connectivity index (χ3n) is 5.02. The second-order valence-corrected chi connectivity index (χ2v) is 6.72. The highest BCUT2D eigenvalue weighted by molar-refractivity contribution is 5.46. The van der Waals surface area contributed by atoms with Crippen molar-refractivity contribution in [2.45, 2.75) is 26.2 Å². The molecule has 2 fully saturated rings. The maximum atomic E-state index is 4.72. The number of hydrogen-bond acceptors (Lipinski definition) is 5. The van der Waals surface area contributed by atoms with Crippen LogP contribution in [0.2, 0.25) is 0 Å². The van der Waals surface area contributed by atoms with Crippen molar-refractivity contribution in [2.75, 3.05) is 38.1 Å². The molecule has 0 saturated carbocycles. The van der Waals surface area contributed by atoms with Crippen molar-refractivity contribution in [1.82, 2.24) is 24.7 Å². The second-order valence-electron chi connectivity index (χ2n) is 6.72. The van der Waals surface area contributed by atoms with E-state index in [1.165, 1.54) is 32.4 Å². The maximum Gasteiger partial charge on any atom is 0.178 e. The Hall–Kier alpha value is -1.69. The standard InChI is InChI=1S/C15H22N6/c1-12-16-17-13-4-5-14(18-21(12)13)20-9-7-15(11-20)6-3-8-19(2)10-15/h4-5H,3,6-11H2,1-2H3. The lowest BCUT2D eigenvalue weighted by molar-refractivity contribution is 0.128. The van der Waals surface area contributed by atoms with Crippen LogP contribution in [0, 0.1) is 12.3 Å². The van der Waals surface area contributed by atoms with E-state index in [0.29, 0.717) is 5.41 Å². The van der Waals surface area contributed by atoms with Gasteiger partial charge in [0.05, 0.1) is 0 Å². The molecule has 0 amide bonds. The number of fused-ring (bicyclic) bond motifs is 1. The lowest BCUT2D eigenvalue weighted by Crippen LogP contribution is -2.43. The number of rotatable bonds is 1. The van der Waals surface area contributed by atoms with Gasteiger partial charge in [0.2, 0.25) is 0 Å². The summed E-state index contributed by atoms with van der Waals surface area (Å²) in [5.41, 5.74) is 1.29. The average Bonchev–Trinajstić information content (AvgIpc) is 3.04. The second kappa shape index (κ2) is 4.66. The summed E-state index contributed by atoms with van der Waals surface area (Å²) < 4.78 is 1.84. The minimum absolute atomic E-state index is 0.464. The van der Waals surface area contributed by atoms with Crippen molar-refractivity contribution in [1.29, 1.82) is 0 Å². The lowest BCUT2D eigenvalue weighted by atomic mass is 9.79. The van der Waals surface area contributed by atoms with E-state index >= 15 is 0 Å². The molecule has 21 heavy (non-hydrogen) atoms. The monoisotopic (exact) mass is 286 g/mol. The molecule has 1 spiro atoms. The molecule has 2 aliphatic rings. The van der Waals surface area contributed by atoms with Crippen molar-refractivity contribution in [3.63, 3.8) is 0 Å². The summed E-state index contributed by atoms with van der Waals surface area (Å²) in [7, 11) is 2.24. The summed E-state index contributed by atoms with van der Waals surface area (Å²) in [6.45, 7) is 6.63. The summed E-state index contributed by atoms with van der Waals surface area (Å²) >= 11 is 0. The number of anilines is 1. The van der Waals surface area contributed by atoms with Crippen LogP contribution in [0.15, 0.2) is 12.1 Å². The van der Waals surface area contributed by atoms with Gasteiger partial charge in [0, 0.05) is 25.0 Å². The largest absolute Gasteiger partial charge is 0.355 e. The van der Waals surface area contributed by atoms with Gasteiger partial charge in [-0.3, -0.25) is 0 Å². The van der Waals surface area contributed by atoms with Crippen LogP contribution in [0.3, 0.4) is 0 Å². The molecule has 0 bridgehead atoms. The Morgan fingerprint density at radius 1 is 1.10 bits per heavy atom. The van der Waals surface area contributed by atoms with E-state index in [-0.39, 0.29) is 0 Å². The first-order valence-electron chi connectivity index (χ1n) is 7.78. The molecular weight excluding hydrogens is 264 g/mol. The minimum Gasteiger partial charge on any atom is -0.355 e. The van der Waals surface area contributed by atoms with Crippen LogP contribution in [-0.2, 0) is 0 Å². The molecule has 2 aromatic rings. The minimum atomic E-state index is 0.464. The molecule has 112 valence electrons. The molecule has 0 aliphatic carbocycles. The van der Waals surface area contributed by atoms with Crippen LogP contribution in [0.25, 0.3) is 5.65 Å². The molecule has 1 unspecified atom stereocenters. The zero-order valence-corrected chi connectivity index (χ0v) is 12.8. The van der Waals surface area contributed by atoms with E-state index in [4.69, 9.17) is 5.10 Å². The average molecular weight is 286 g/mol. The van der Waals surface area contributed by atoms with Gasteiger partial charge in [-0.15, -0.1) is 15.3 Å². The molecule has 0 radical (unpaired) electrons. The van der Waals surface area contributed by atoms with E-state index in [1.807, 2.05) is 17.5 Å². The Kier molecular flexibility index (Phi) is 2.89. The molecule has 2 aliphatic heterocycles. The van der Waals surface area contributed by atoms with Crippen LogP contribution in [0.1, 0.15) is 25.1 Å². The molecule has 6 nitrogen and oxygen atoms in total. The first kappa shape index (κ1) is 13.0. The first-order chi connectivity index (χ1) is 10.2. The number of aromatic nitrogens is 4. The van der Waals surface area contributed by atoms with Crippen LogP contribution in [0.4, 0.5) is 5.82 Å². The molecule has 4 heterocycles. The molecule has 0 N–H and O–H groups in total. The number of nitrogens with zero attached hydrogens (tertiary/aromatic N) is 6. The number of likely N-dealkylation sites (tertiary alicyclic amines) is 1. The van der Waals surface area contributed by atoms with Gasteiger partial charge in [-0.25, -0.2) is 0 Å². The Morgan fingerprint density at radius 3 is 2.86 bits per heavy atom. The van der Waals surface area contributed by atoms with Crippen molar-refractivity contribution in [3.05, 3.63) is 18.0 Å². The van der Waals surface area contributed by atoms with Gasteiger partial charge in [-0.1, -0.05) is 0 Å². The molecule has 2 saturated heterocycles. The van der Waals surface area contributed by atoms with Crippen LogP contribution in [0.5, 0.6) is 0 Å². The van der Waals surface area contributed by atoms with Gasteiger partial charge >= 0.3 is 0 Å². The summed E-state index contributed by atoms with van der Waals surface area (Å²) in [5, 5.41) is 12.9. The Balaban J connectivity index is 1.60. The van der Waals surface area contributed by atoms with E-state index in [9.17, 15) is 0 Å². The van der Waals surface area contributed by atoms with Crippen molar-refractivity contribution in [3.8, 4) is 0 Å². The lowest BCUT2D eigenvalue weighted by Gasteiger charge is -2.38. The van der Waals surface area contributed by atoms with Crippen molar-refractivity contribution >= 4 is 11.5 Å². The fourth-order valence-electron chi connectivity index (χ4n) is 3.97. The SMILES string of the molecule is Cc1nnc2ccc(N3CCC4(CCCN(C)C4)C3)nn12. The summed E-state index contributed by atoms with van der Waals surface area (Å²) in [4.78, 5) is 4.91. The Labute approximate surface area is 124 Å². The highest BCUT2D eigenvalue weighted by Crippen LogP contribution is 2.39. The smallest absolute Gasteiger partial charge is 0.178 e. The predicted octanol–water partition coefficient (Wildman–Crippen LogP) is 1.35. The normalized spacial score (nSPS) is 27.0. The third-order valence-corrected chi connectivity index (χ3v) is 5.02. The van der Waals surface area contributed by atoms with Crippen LogP contribution in [-0.4, -0.2) is 57.9 Å². The fraction of sp³-hybridized carbons (Fsp3) is 0.667. The van der Waals surface area contributed by atoms with E-state index in [0.717, 1.165) is 30.4 Å². The number of aryl methyl sites for hydroxylation is 1. The van der Waals surface area contributed by atoms with E-state index in [1.54, 1.807) is 0 Å². The molecule has 0 aromatic carbocycles. The Morgan fingerprint density at radius 2 is 2.00 bits per heavy atom. The zero-order chi connectivity index (χ0) is 14.4. The first-order valence-corrected chi connectivity index (χ1v) is 7.78. The van der Waals surface area contributed by atoms with Gasteiger partial charge in [0.25, 0.3) is 0 Å². The van der Waals surface area contributed by atoms with Gasteiger partial charge in [-0.2, -0.15) is 4.52 Å². The van der Waals surface area contributed by atoms with Gasteiger partial charge in [-0.05, 0) is 51.9 Å². The third kappa shape index (κ3) is 2.18. The molecule has 2 aromatic heterocycles. The predicted molar refractivity (Wildman–Crippen MR) is 81.5 cm³/mol. The molecule has 4 rings (SSSR count). The molecule has 1 atom stereocenters. The van der Waals surface area contributed by atoms with Crippen LogP contribution >= 0.6 is 0 Å². The van der Waals surface area contributed by atoms with Gasteiger partial charge in [0.15, 0.2) is 11.5 Å². The number of hydrogen-bond donors (Lipinski definition) is 0. The van der Waals surface area contributed by atoms with Crippen molar-refractivity contribution < 1.29 is 0 Å².